The lowest BCUT2D eigenvalue weighted by Gasteiger charge is -2.19. The Bertz CT molecular complexity index is 251. The van der Waals surface area contributed by atoms with Crippen molar-refractivity contribution in [3.05, 3.63) is 30.3 Å². The van der Waals surface area contributed by atoms with Crippen LogP contribution in [0, 0.1) is 0 Å². The molecule has 0 unspecified atom stereocenters. The summed E-state index contributed by atoms with van der Waals surface area (Å²) in [6.07, 6.45) is 0. The van der Waals surface area contributed by atoms with Gasteiger partial charge in [-0.15, -0.1) is 0 Å². The smallest absolute Gasteiger partial charge is 0.0598 e. The molecule has 2 heteroatoms. The molecule has 1 aromatic rings. The van der Waals surface area contributed by atoms with Gasteiger partial charge in [-0.25, -0.2) is 0 Å². The van der Waals surface area contributed by atoms with Crippen molar-refractivity contribution in [1.82, 2.24) is 0 Å². The van der Waals surface area contributed by atoms with Gasteiger partial charge in [0.1, 0.15) is 0 Å². The molecular weight excluding hydrogens is 188 g/mol. The number of ether oxygens (including phenoxy) is 1. The lowest BCUT2D eigenvalue weighted by Crippen LogP contribution is -2.22. The summed E-state index contributed by atoms with van der Waals surface area (Å²) in [6.45, 7) is 7.23. The van der Waals surface area contributed by atoms with E-state index in [2.05, 4.69) is 51.1 Å². The van der Waals surface area contributed by atoms with Gasteiger partial charge in [-0.05, 0) is 26.8 Å². The fourth-order valence-corrected chi connectivity index (χ4v) is 2.60. The van der Waals surface area contributed by atoms with Gasteiger partial charge in [-0.1, -0.05) is 35.5 Å². The van der Waals surface area contributed by atoms with Crippen LogP contribution in [-0.2, 0) is 4.74 Å². The Labute approximate surface area is 89.3 Å². The Hall–Kier alpha value is -0.603. The molecule has 0 amide bonds. The Morgan fingerprint density at radius 1 is 1.14 bits per heavy atom. The molecule has 0 aromatic heterocycles. The third-order valence-electron chi connectivity index (χ3n) is 1.99. The summed E-state index contributed by atoms with van der Waals surface area (Å²) in [5.74, 6) is 0. The predicted molar refractivity (Wildman–Crippen MR) is 65.1 cm³/mol. The zero-order chi connectivity index (χ0) is 10.4. The number of hydrogen-bond donors (Lipinski definition) is 0. The zero-order valence-corrected chi connectivity index (χ0v) is 10.8. The van der Waals surface area contributed by atoms with E-state index in [4.69, 9.17) is 4.74 Å². The van der Waals surface area contributed by atoms with E-state index < -0.39 is 0 Å². The molecule has 78 valence electrons. The van der Waals surface area contributed by atoms with E-state index in [0.29, 0.717) is 0 Å². The van der Waals surface area contributed by atoms with Crippen LogP contribution in [0.5, 0.6) is 0 Å². The van der Waals surface area contributed by atoms with Crippen molar-refractivity contribution in [2.45, 2.75) is 32.4 Å². The normalized spacial score (nSPS) is 12.5. The minimum absolute atomic E-state index is 0.0189. The summed E-state index contributed by atoms with van der Waals surface area (Å²) in [5, 5.41) is 1.53. The Morgan fingerprint density at radius 3 is 2.36 bits per heavy atom. The second-order valence-corrected chi connectivity index (χ2v) is 6.57. The van der Waals surface area contributed by atoms with E-state index >= 15 is 0 Å². The van der Waals surface area contributed by atoms with Crippen molar-refractivity contribution in [2.24, 2.45) is 0 Å². The maximum Gasteiger partial charge on any atom is 0.0598 e. The van der Waals surface area contributed by atoms with Gasteiger partial charge >= 0.3 is 0 Å². The second kappa shape index (κ2) is 5.32. The summed E-state index contributed by atoms with van der Waals surface area (Å²) in [4.78, 5) is 0. The molecule has 1 rings (SSSR count). The molecule has 0 fully saturated rings. The Morgan fingerprint density at radius 2 is 1.79 bits per heavy atom. The average molecular weight is 208 g/mol. The molecule has 0 saturated heterocycles. The van der Waals surface area contributed by atoms with Crippen LogP contribution in [0.3, 0.4) is 0 Å². The third-order valence-corrected chi connectivity index (χ3v) is 3.68. The molecule has 14 heavy (non-hydrogen) atoms. The summed E-state index contributed by atoms with van der Waals surface area (Å²) in [6, 6.07) is 12.0. The molecule has 0 N–H and O–H groups in total. The van der Waals surface area contributed by atoms with Crippen molar-refractivity contribution >= 4 is 14.7 Å². The van der Waals surface area contributed by atoms with Crippen molar-refractivity contribution in [2.75, 3.05) is 6.61 Å². The van der Waals surface area contributed by atoms with Crippen molar-refractivity contribution in [3.63, 3.8) is 0 Å². The van der Waals surface area contributed by atoms with Crippen LogP contribution in [0.1, 0.15) is 20.8 Å². The first-order chi connectivity index (χ1) is 6.58. The Kier molecular flexibility index (Phi) is 4.36. The van der Waals surface area contributed by atoms with Crippen molar-refractivity contribution in [1.29, 1.82) is 0 Å². The minimum Gasteiger partial charge on any atom is -0.376 e. The molecule has 0 radical (unpaired) electrons. The maximum absolute atomic E-state index is 5.69. The zero-order valence-electron chi connectivity index (χ0n) is 9.42. The van der Waals surface area contributed by atoms with Gasteiger partial charge in [-0.3, -0.25) is 0 Å². The molecule has 0 spiro atoms. The van der Waals surface area contributed by atoms with Crippen molar-refractivity contribution in [3.8, 4) is 0 Å². The van der Waals surface area contributed by atoms with E-state index in [9.17, 15) is 0 Å². The van der Waals surface area contributed by atoms with E-state index in [1.165, 1.54) is 11.2 Å². The minimum atomic E-state index is -0.105. The summed E-state index contributed by atoms with van der Waals surface area (Å²) in [7, 11) is -0.105. The molecule has 0 aliphatic heterocycles. The largest absolute Gasteiger partial charge is 0.376 e. The highest BCUT2D eigenvalue weighted by Crippen LogP contribution is 2.06. The van der Waals surface area contributed by atoms with E-state index in [0.717, 1.165) is 6.61 Å². The molecule has 0 saturated carbocycles. The molecular formula is C12H20OSi. The molecule has 0 atom stereocenters. The molecule has 1 aromatic carbocycles. The van der Waals surface area contributed by atoms with Gasteiger partial charge in [0.15, 0.2) is 0 Å². The highest BCUT2D eigenvalue weighted by molar-refractivity contribution is 6.53. The first-order valence-corrected chi connectivity index (χ1v) is 6.96. The SMILES string of the molecule is CC(C)(C)OCC[SiH2]c1ccccc1. The van der Waals surface area contributed by atoms with Gasteiger partial charge in [-0.2, -0.15) is 0 Å². The number of benzene rings is 1. The van der Waals surface area contributed by atoms with Gasteiger partial charge in [0.25, 0.3) is 0 Å². The molecule has 0 bridgehead atoms. The molecule has 0 heterocycles. The monoisotopic (exact) mass is 208 g/mol. The van der Waals surface area contributed by atoms with Crippen LogP contribution in [0.4, 0.5) is 0 Å². The highest BCUT2D eigenvalue weighted by atomic mass is 28.2. The van der Waals surface area contributed by atoms with Crippen LogP contribution in [0.25, 0.3) is 0 Å². The van der Waals surface area contributed by atoms with Crippen LogP contribution >= 0.6 is 0 Å². The van der Waals surface area contributed by atoms with Crippen LogP contribution in [-0.4, -0.2) is 21.7 Å². The lowest BCUT2D eigenvalue weighted by molar-refractivity contribution is 0.00541. The van der Waals surface area contributed by atoms with Gasteiger partial charge in [0, 0.05) is 6.61 Å². The standard InChI is InChI=1S/C12H20OSi/c1-12(2,3)13-9-10-14-11-7-5-4-6-8-11/h4-8H,9-10,14H2,1-3H3. The first-order valence-electron chi connectivity index (χ1n) is 5.26. The molecule has 0 aliphatic carbocycles. The summed E-state index contributed by atoms with van der Waals surface area (Å²) in [5.41, 5.74) is 0.0189. The average Bonchev–Trinajstić information content (AvgIpc) is 2.13. The van der Waals surface area contributed by atoms with Crippen LogP contribution in [0.15, 0.2) is 30.3 Å². The maximum atomic E-state index is 5.69. The summed E-state index contributed by atoms with van der Waals surface area (Å²) >= 11 is 0. The lowest BCUT2D eigenvalue weighted by atomic mass is 10.2. The van der Waals surface area contributed by atoms with E-state index in [1.807, 2.05) is 0 Å². The number of rotatable bonds is 4. The second-order valence-electron chi connectivity index (χ2n) is 4.55. The van der Waals surface area contributed by atoms with Crippen molar-refractivity contribution < 1.29 is 4.74 Å². The topological polar surface area (TPSA) is 9.23 Å². The van der Waals surface area contributed by atoms with Gasteiger partial charge in [0.2, 0.25) is 0 Å². The quantitative estimate of drug-likeness (QED) is 0.541. The third kappa shape index (κ3) is 5.20. The predicted octanol–water partition coefficient (Wildman–Crippen LogP) is 1.71. The number of hydrogen-bond acceptors (Lipinski definition) is 1. The van der Waals surface area contributed by atoms with E-state index in [-0.39, 0.29) is 15.1 Å². The van der Waals surface area contributed by atoms with Gasteiger partial charge < -0.3 is 4.74 Å². The summed E-state index contributed by atoms with van der Waals surface area (Å²) < 4.78 is 5.69. The van der Waals surface area contributed by atoms with E-state index in [1.54, 1.807) is 0 Å². The van der Waals surface area contributed by atoms with Crippen LogP contribution < -0.4 is 5.19 Å². The fraction of sp³-hybridized carbons (Fsp3) is 0.500. The fourth-order valence-electron chi connectivity index (χ4n) is 1.30. The highest BCUT2D eigenvalue weighted by Gasteiger charge is 2.08. The Balaban J connectivity index is 2.17. The van der Waals surface area contributed by atoms with Gasteiger partial charge in [0.05, 0.1) is 15.1 Å². The van der Waals surface area contributed by atoms with Crippen LogP contribution in [0.2, 0.25) is 6.04 Å². The first kappa shape index (κ1) is 11.5. The molecule has 1 nitrogen and oxygen atoms in total. The molecule has 0 aliphatic rings.